The lowest BCUT2D eigenvalue weighted by Crippen LogP contribution is -2.34. The van der Waals surface area contributed by atoms with Crippen molar-refractivity contribution in [2.24, 2.45) is 5.10 Å². The number of ether oxygens (including phenoxy) is 1. The number of carbonyl (C=O) groups is 2. The van der Waals surface area contributed by atoms with Gasteiger partial charge in [0.1, 0.15) is 5.75 Å². The molecule has 6 nitrogen and oxygen atoms in total. The minimum Gasteiger partial charge on any atom is -0.484 e. The molecule has 2 rings (SSSR count). The quantitative estimate of drug-likeness (QED) is 0.403. The Morgan fingerprint density at radius 1 is 1.17 bits per heavy atom. The molecule has 29 heavy (non-hydrogen) atoms. The molecule has 2 aromatic carbocycles. The van der Waals surface area contributed by atoms with Crippen LogP contribution < -0.4 is 15.5 Å². The summed E-state index contributed by atoms with van der Waals surface area (Å²) in [7, 11) is 0. The second-order valence-electron chi connectivity index (χ2n) is 6.50. The Morgan fingerprint density at radius 2 is 1.93 bits per heavy atom. The summed E-state index contributed by atoms with van der Waals surface area (Å²) in [5, 5.41) is 6.73. The van der Waals surface area contributed by atoms with E-state index in [1.165, 1.54) is 11.8 Å². The van der Waals surface area contributed by atoms with Crippen LogP contribution in [-0.4, -0.2) is 36.4 Å². The Hall–Kier alpha value is -2.32. The Labute approximate surface area is 183 Å². The number of hydrazone groups is 1. The number of nitrogens with one attached hydrogen (secondary N) is 2. The number of hydrogen-bond donors (Lipinski definition) is 2. The molecule has 0 saturated heterocycles. The third kappa shape index (κ3) is 9.62. The van der Waals surface area contributed by atoms with Gasteiger partial charge in [-0.2, -0.15) is 5.10 Å². The van der Waals surface area contributed by atoms with Crippen molar-refractivity contribution in [2.45, 2.75) is 25.6 Å². The van der Waals surface area contributed by atoms with Gasteiger partial charge in [0.15, 0.2) is 6.61 Å². The molecule has 154 valence electrons. The van der Waals surface area contributed by atoms with Crippen molar-refractivity contribution in [1.82, 2.24) is 10.7 Å². The van der Waals surface area contributed by atoms with Crippen LogP contribution in [0, 0.1) is 0 Å². The fourth-order valence-corrected chi connectivity index (χ4v) is 3.48. The predicted molar refractivity (Wildman–Crippen MR) is 121 cm³/mol. The topological polar surface area (TPSA) is 79.8 Å². The zero-order valence-corrected chi connectivity index (χ0v) is 18.8. The summed E-state index contributed by atoms with van der Waals surface area (Å²) < 4.78 is 6.45. The second kappa shape index (κ2) is 12.3. The van der Waals surface area contributed by atoms with E-state index in [0.717, 1.165) is 21.4 Å². The first-order valence-corrected chi connectivity index (χ1v) is 11.0. The molecule has 0 fully saturated rings. The molecule has 0 radical (unpaired) electrons. The summed E-state index contributed by atoms with van der Waals surface area (Å²) in [4.78, 5) is 23.4. The first kappa shape index (κ1) is 23.0. The van der Waals surface area contributed by atoms with Gasteiger partial charge in [0.25, 0.3) is 5.91 Å². The predicted octanol–water partition coefficient (Wildman–Crippen LogP) is 3.74. The summed E-state index contributed by atoms with van der Waals surface area (Å²) in [6, 6.07) is 15.2. The summed E-state index contributed by atoms with van der Waals surface area (Å²) in [5.41, 5.74) is 4.49. The highest BCUT2D eigenvalue weighted by molar-refractivity contribution is 9.10. The summed E-state index contributed by atoms with van der Waals surface area (Å²) >= 11 is 4.96. The van der Waals surface area contributed by atoms with Crippen molar-refractivity contribution in [1.29, 1.82) is 0 Å². The first-order chi connectivity index (χ1) is 13.9. The Balaban J connectivity index is 1.68. The molecule has 0 aliphatic rings. The number of halogens is 1. The molecule has 8 heteroatoms. The normalized spacial score (nSPS) is 10.9. The van der Waals surface area contributed by atoms with Crippen molar-refractivity contribution in [3.8, 4) is 5.75 Å². The zero-order valence-electron chi connectivity index (χ0n) is 16.4. The van der Waals surface area contributed by atoms with Gasteiger partial charge in [-0.05, 0) is 61.4 Å². The molecule has 2 aromatic rings. The molecule has 0 unspecified atom stereocenters. The highest BCUT2D eigenvalue weighted by atomic mass is 79.9. The van der Waals surface area contributed by atoms with Crippen molar-refractivity contribution in [3.05, 3.63) is 64.1 Å². The van der Waals surface area contributed by atoms with Crippen LogP contribution in [0.15, 0.2) is 58.1 Å². The van der Waals surface area contributed by atoms with Crippen LogP contribution in [0.2, 0.25) is 0 Å². The maximum absolute atomic E-state index is 11.9. The molecule has 0 saturated carbocycles. The lowest BCUT2D eigenvalue weighted by Gasteiger charge is -2.09. The van der Waals surface area contributed by atoms with Gasteiger partial charge in [-0.15, -0.1) is 11.8 Å². The molecule has 0 aliphatic carbocycles. The molecule has 0 aliphatic heterocycles. The largest absolute Gasteiger partial charge is 0.484 e. The van der Waals surface area contributed by atoms with Crippen LogP contribution >= 0.6 is 27.7 Å². The van der Waals surface area contributed by atoms with E-state index in [-0.39, 0.29) is 24.5 Å². The van der Waals surface area contributed by atoms with Gasteiger partial charge in [-0.25, -0.2) is 5.43 Å². The zero-order chi connectivity index (χ0) is 21.1. The summed E-state index contributed by atoms with van der Waals surface area (Å²) in [5.74, 6) is 1.36. The van der Waals surface area contributed by atoms with Crippen LogP contribution in [0.3, 0.4) is 0 Å². The van der Waals surface area contributed by atoms with Gasteiger partial charge in [-0.3, -0.25) is 9.59 Å². The number of amides is 2. The summed E-state index contributed by atoms with van der Waals surface area (Å²) in [6.07, 6.45) is 1.56. The Bertz CT molecular complexity index is 841. The van der Waals surface area contributed by atoms with Crippen LogP contribution in [-0.2, 0) is 15.3 Å². The van der Waals surface area contributed by atoms with Gasteiger partial charge in [-0.1, -0.05) is 28.1 Å². The van der Waals surface area contributed by atoms with Crippen molar-refractivity contribution in [3.63, 3.8) is 0 Å². The van der Waals surface area contributed by atoms with Gasteiger partial charge in [0.05, 0.1) is 12.0 Å². The lowest BCUT2D eigenvalue weighted by atomic mass is 10.2. The highest BCUT2D eigenvalue weighted by Crippen LogP contribution is 2.16. The van der Waals surface area contributed by atoms with E-state index in [1.54, 1.807) is 30.5 Å². The number of thioether (sulfide) groups is 1. The average Bonchev–Trinajstić information content (AvgIpc) is 2.67. The third-order valence-corrected chi connectivity index (χ3v) is 4.99. The van der Waals surface area contributed by atoms with Crippen molar-refractivity contribution in [2.75, 3.05) is 12.4 Å². The lowest BCUT2D eigenvalue weighted by molar-refractivity contribution is -0.123. The van der Waals surface area contributed by atoms with E-state index in [2.05, 4.69) is 31.8 Å². The van der Waals surface area contributed by atoms with E-state index in [1.807, 2.05) is 38.1 Å². The summed E-state index contributed by atoms with van der Waals surface area (Å²) in [6.45, 7) is 3.76. The van der Waals surface area contributed by atoms with Gasteiger partial charge in [0, 0.05) is 16.3 Å². The van der Waals surface area contributed by atoms with Crippen molar-refractivity contribution < 1.29 is 14.3 Å². The molecular formula is C21H24BrN3O3S. The van der Waals surface area contributed by atoms with Crippen LogP contribution in [0.4, 0.5) is 0 Å². The maximum Gasteiger partial charge on any atom is 0.258 e. The van der Waals surface area contributed by atoms with E-state index >= 15 is 0 Å². The number of nitrogens with zero attached hydrogens (tertiary/aromatic N) is 1. The van der Waals surface area contributed by atoms with Crippen LogP contribution in [0.25, 0.3) is 0 Å². The number of hydrogen-bond acceptors (Lipinski definition) is 5. The standard InChI is InChI=1S/C21H24BrN3O3S/c1-15(2)24-20(26)12-28-19-8-6-16(7-9-19)11-23-25-21(27)14-29-13-17-4-3-5-18(22)10-17/h3-11,15H,12-14H2,1-2H3,(H,24,26)(H,25,27)/b23-11+. The molecule has 0 heterocycles. The van der Waals surface area contributed by atoms with Crippen LogP contribution in [0.5, 0.6) is 5.75 Å². The van der Waals surface area contributed by atoms with E-state index in [9.17, 15) is 9.59 Å². The van der Waals surface area contributed by atoms with Gasteiger partial charge in [0.2, 0.25) is 5.91 Å². The van der Waals surface area contributed by atoms with E-state index in [0.29, 0.717) is 11.5 Å². The molecule has 2 amide bonds. The van der Waals surface area contributed by atoms with E-state index < -0.39 is 0 Å². The maximum atomic E-state index is 11.9. The molecule has 0 bridgehead atoms. The first-order valence-electron chi connectivity index (χ1n) is 9.08. The molecule has 0 spiro atoms. The van der Waals surface area contributed by atoms with Crippen LogP contribution in [0.1, 0.15) is 25.0 Å². The van der Waals surface area contributed by atoms with Crippen molar-refractivity contribution >= 4 is 45.7 Å². The fourth-order valence-electron chi connectivity index (χ4n) is 2.26. The molecule has 2 N–H and O–H groups in total. The fraction of sp³-hybridized carbons (Fsp3) is 0.286. The molecular weight excluding hydrogens is 454 g/mol. The minimum atomic E-state index is -0.161. The Kier molecular flexibility index (Phi) is 9.73. The van der Waals surface area contributed by atoms with E-state index in [4.69, 9.17) is 4.74 Å². The highest BCUT2D eigenvalue weighted by Gasteiger charge is 2.04. The number of benzene rings is 2. The smallest absolute Gasteiger partial charge is 0.258 e. The Morgan fingerprint density at radius 3 is 2.62 bits per heavy atom. The van der Waals surface area contributed by atoms with Gasteiger partial charge < -0.3 is 10.1 Å². The number of carbonyl (C=O) groups excluding carboxylic acids is 2. The second-order valence-corrected chi connectivity index (χ2v) is 8.40. The molecule has 0 atom stereocenters. The molecule has 0 aromatic heterocycles. The average molecular weight is 478 g/mol. The monoisotopic (exact) mass is 477 g/mol. The minimum absolute atomic E-state index is 0.0285. The van der Waals surface area contributed by atoms with Gasteiger partial charge >= 0.3 is 0 Å². The number of rotatable bonds is 10. The SMILES string of the molecule is CC(C)NC(=O)COc1ccc(/C=N/NC(=O)CSCc2cccc(Br)c2)cc1. The third-order valence-electron chi connectivity index (χ3n) is 3.49.